The van der Waals surface area contributed by atoms with E-state index in [4.69, 9.17) is 10.00 Å². The number of rotatable bonds is 4. The summed E-state index contributed by atoms with van der Waals surface area (Å²) in [5.41, 5.74) is 4.73. The van der Waals surface area contributed by atoms with Crippen LogP contribution in [0.3, 0.4) is 0 Å². The molecule has 2 aromatic rings. The Morgan fingerprint density at radius 2 is 2.19 bits per heavy atom. The average molecular weight is 282 g/mol. The van der Waals surface area contributed by atoms with Crippen molar-refractivity contribution in [1.82, 2.24) is 15.1 Å². The van der Waals surface area contributed by atoms with Gasteiger partial charge in [0.2, 0.25) is 0 Å². The maximum atomic E-state index is 8.94. The molecule has 1 aromatic carbocycles. The molecule has 3 rings (SSSR count). The Morgan fingerprint density at radius 3 is 2.90 bits per heavy atom. The van der Waals surface area contributed by atoms with Crippen molar-refractivity contribution in [1.29, 1.82) is 5.26 Å². The van der Waals surface area contributed by atoms with Crippen LogP contribution in [0, 0.1) is 11.3 Å². The number of nitriles is 1. The van der Waals surface area contributed by atoms with E-state index in [0.29, 0.717) is 6.54 Å². The molecule has 5 heteroatoms. The summed E-state index contributed by atoms with van der Waals surface area (Å²) in [7, 11) is 1.67. The number of hydrogen-bond acceptors (Lipinski definition) is 4. The van der Waals surface area contributed by atoms with Crippen molar-refractivity contribution in [3.63, 3.8) is 0 Å². The lowest BCUT2D eigenvalue weighted by Gasteiger charge is -2.14. The van der Waals surface area contributed by atoms with Gasteiger partial charge < -0.3 is 10.1 Å². The maximum Gasteiger partial charge on any atom is 0.128 e. The van der Waals surface area contributed by atoms with Crippen LogP contribution in [0.25, 0.3) is 0 Å². The van der Waals surface area contributed by atoms with Gasteiger partial charge in [0.25, 0.3) is 0 Å². The summed E-state index contributed by atoms with van der Waals surface area (Å²) in [6, 6.07) is 10.2. The standard InChI is InChI=1S/C16H18N4O/c1-21-13-4-2-12(3-5-13)10-15-14-11-18-8-6-16(14)20(19-15)9-7-17/h2-5,18H,6,8-11H2,1H3. The van der Waals surface area contributed by atoms with Gasteiger partial charge in [-0.1, -0.05) is 12.1 Å². The minimum Gasteiger partial charge on any atom is -0.497 e. The smallest absolute Gasteiger partial charge is 0.128 e. The van der Waals surface area contributed by atoms with Gasteiger partial charge in [0, 0.05) is 37.2 Å². The molecule has 1 N–H and O–H groups in total. The van der Waals surface area contributed by atoms with Crippen molar-refractivity contribution < 1.29 is 4.74 Å². The van der Waals surface area contributed by atoms with Crippen molar-refractivity contribution in [2.24, 2.45) is 0 Å². The second kappa shape index (κ2) is 5.98. The maximum absolute atomic E-state index is 8.94. The third kappa shape index (κ3) is 2.76. The van der Waals surface area contributed by atoms with E-state index in [1.165, 1.54) is 16.8 Å². The molecule has 5 nitrogen and oxygen atoms in total. The van der Waals surface area contributed by atoms with E-state index in [9.17, 15) is 0 Å². The molecule has 1 aliphatic heterocycles. The third-order valence-corrected chi connectivity index (χ3v) is 3.84. The van der Waals surface area contributed by atoms with Gasteiger partial charge in [0.15, 0.2) is 0 Å². The van der Waals surface area contributed by atoms with E-state index in [-0.39, 0.29) is 0 Å². The van der Waals surface area contributed by atoms with E-state index in [2.05, 4.69) is 28.6 Å². The zero-order valence-corrected chi connectivity index (χ0v) is 12.1. The van der Waals surface area contributed by atoms with Gasteiger partial charge in [-0.25, -0.2) is 0 Å². The van der Waals surface area contributed by atoms with Crippen molar-refractivity contribution >= 4 is 0 Å². The minimum atomic E-state index is 0.324. The fourth-order valence-electron chi connectivity index (χ4n) is 2.77. The van der Waals surface area contributed by atoms with Gasteiger partial charge in [-0.3, -0.25) is 4.68 Å². The zero-order valence-electron chi connectivity index (χ0n) is 12.1. The highest BCUT2D eigenvalue weighted by Crippen LogP contribution is 2.22. The zero-order chi connectivity index (χ0) is 14.7. The summed E-state index contributed by atoms with van der Waals surface area (Å²) in [5, 5.41) is 17.0. The second-order valence-corrected chi connectivity index (χ2v) is 5.14. The Morgan fingerprint density at radius 1 is 1.38 bits per heavy atom. The Balaban J connectivity index is 1.89. The normalized spacial score (nSPS) is 13.5. The SMILES string of the molecule is COc1ccc(Cc2nn(CC#N)c3c2CNCC3)cc1. The lowest BCUT2D eigenvalue weighted by Crippen LogP contribution is -2.25. The Kier molecular flexibility index (Phi) is 3.89. The Hall–Kier alpha value is -2.32. The van der Waals surface area contributed by atoms with Crippen LogP contribution in [0.5, 0.6) is 5.75 Å². The van der Waals surface area contributed by atoms with Crippen molar-refractivity contribution in [3.8, 4) is 11.8 Å². The fraction of sp³-hybridized carbons (Fsp3) is 0.375. The molecule has 0 spiro atoms. The highest BCUT2D eigenvalue weighted by atomic mass is 16.5. The molecule has 0 radical (unpaired) electrons. The third-order valence-electron chi connectivity index (χ3n) is 3.84. The Bertz CT molecular complexity index is 667. The number of hydrogen-bond donors (Lipinski definition) is 1. The quantitative estimate of drug-likeness (QED) is 0.926. The first kappa shape index (κ1) is 13.7. The molecule has 0 amide bonds. The molecular formula is C16H18N4O. The van der Waals surface area contributed by atoms with E-state index in [0.717, 1.165) is 37.4 Å². The summed E-state index contributed by atoms with van der Waals surface area (Å²) < 4.78 is 7.04. The summed E-state index contributed by atoms with van der Waals surface area (Å²) >= 11 is 0. The Labute approximate surface area is 124 Å². The van der Waals surface area contributed by atoms with E-state index in [1.54, 1.807) is 7.11 Å². The molecule has 0 fully saturated rings. The fourth-order valence-corrected chi connectivity index (χ4v) is 2.77. The number of fused-ring (bicyclic) bond motifs is 1. The predicted molar refractivity (Wildman–Crippen MR) is 79.1 cm³/mol. The number of benzene rings is 1. The van der Waals surface area contributed by atoms with Crippen molar-refractivity contribution in [2.75, 3.05) is 13.7 Å². The van der Waals surface area contributed by atoms with Gasteiger partial charge in [-0.2, -0.15) is 10.4 Å². The lowest BCUT2D eigenvalue weighted by atomic mass is 10.0. The first-order valence-corrected chi connectivity index (χ1v) is 7.10. The van der Waals surface area contributed by atoms with Crippen LogP contribution in [0.2, 0.25) is 0 Å². The molecular weight excluding hydrogens is 264 g/mol. The number of ether oxygens (including phenoxy) is 1. The number of nitrogens with one attached hydrogen (secondary N) is 1. The molecule has 0 saturated carbocycles. The van der Waals surface area contributed by atoms with Gasteiger partial charge in [0.1, 0.15) is 12.3 Å². The monoisotopic (exact) mass is 282 g/mol. The van der Waals surface area contributed by atoms with Crippen LogP contribution >= 0.6 is 0 Å². The van der Waals surface area contributed by atoms with Gasteiger partial charge >= 0.3 is 0 Å². The van der Waals surface area contributed by atoms with Crippen molar-refractivity contribution in [2.45, 2.75) is 25.9 Å². The molecule has 1 aliphatic rings. The van der Waals surface area contributed by atoms with Crippen LogP contribution in [0.4, 0.5) is 0 Å². The molecule has 0 bridgehead atoms. The summed E-state index contributed by atoms with van der Waals surface area (Å²) in [6.07, 6.45) is 1.72. The molecule has 0 aliphatic carbocycles. The lowest BCUT2D eigenvalue weighted by molar-refractivity contribution is 0.414. The first-order valence-electron chi connectivity index (χ1n) is 7.10. The summed E-state index contributed by atoms with van der Waals surface area (Å²) in [4.78, 5) is 0. The highest BCUT2D eigenvalue weighted by Gasteiger charge is 2.20. The number of nitrogens with zero attached hydrogens (tertiary/aromatic N) is 3. The van der Waals surface area contributed by atoms with E-state index in [1.807, 2.05) is 16.8 Å². The van der Waals surface area contributed by atoms with Gasteiger partial charge in [0.05, 0.1) is 18.9 Å². The molecule has 2 heterocycles. The number of aromatic nitrogens is 2. The molecule has 0 saturated heterocycles. The largest absolute Gasteiger partial charge is 0.497 e. The van der Waals surface area contributed by atoms with Crippen molar-refractivity contribution in [3.05, 3.63) is 46.8 Å². The van der Waals surface area contributed by atoms with Crippen LogP contribution in [-0.2, 0) is 25.9 Å². The molecule has 0 unspecified atom stereocenters. The number of methoxy groups -OCH3 is 1. The average Bonchev–Trinajstić information content (AvgIpc) is 2.87. The molecule has 1 aromatic heterocycles. The second-order valence-electron chi connectivity index (χ2n) is 5.14. The highest BCUT2D eigenvalue weighted by molar-refractivity contribution is 5.35. The van der Waals surface area contributed by atoms with Crippen LogP contribution in [-0.4, -0.2) is 23.4 Å². The van der Waals surface area contributed by atoms with Crippen LogP contribution in [0.15, 0.2) is 24.3 Å². The van der Waals surface area contributed by atoms with Gasteiger partial charge in [-0.15, -0.1) is 0 Å². The van der Waals surface area contributed by atoms with E-state index < -0.39 is 0 Å². The van der Waals surface area contributed by atoms with E-state index >= 15 is 0 Å². The van der Waals surface area contributed by atoms with Crippen LogP contribution in [0.1, 0.15) is 22.5 Å². The molecule has 21 heavy (non-hydrogen) atoms. The molecule has 108 valence electrons. The first-order chi connectivity index (χ1) is 10.3. The summed E-state index contributed by atoms with van der Waals surface area (Å²) in [5.74, 6) is 0.859. The molecule has 0 atom stereocenters. The minimum absolute atomic E-state index is 0.324. The van der Waals surface area contributed by atoms with Crippen LogP contribution < -0.4 is 10.1 Å². The predicted octanol–water partition coefficient (Wildman–Crippen LogP) is 1.65. The van der Waals surface area contributed by atoms with Gasteiger partial charge in [-0.05, 0) is 17.7 Å². The topological polar surface area (TPSA) is 62.9 Å². The summed E-state index contributed by atoms with van der Waals surface area (Å²) in [6.45, 7) is 2.11.